The average Bonchev–Trinajstić information content (AvgIpc) is 3.64. The summed E-state index contributed by atoms with van der Waals surface area (Å²) >= 11 is 0. The van der Waals surface area contributed by atoms with Gasteiger partial charge in [0, 0.05) is 7.11 Å². The zero-order valence-electron chi connectivity index (χ0n) is 19.9. The molecule has 1 spiro atoms. The molecule has 0 amide bonds. The van der Waals surface area contributed by atoms with Crippen molar-refractivity contribution in [1.82, 2.24) is 5.48 Å². The molecule has 0 aromatic rings. The largest absolute Gasteiger partial charge is 0.379 e. The van der Waals surface area contributed by atoms with E-state index in [1.54, 1.807) is 7.11 Å². The Hall–Kier alpha value is -1.47. The van der Waals surface area contributed by atoms with E-state index < -0.39 is 0 Å². The van der Waals surface area contributed by atoms with Gasteiger partial charge in [-0.15, -0.1) is 5.48 Å². The molecule has 6 atom stereocenters. The molecule has 3 rings (SSSR count). The molecular formula is C25H39NO5. The Balaban J connectivity index is 1.66. The maximum Gasteiger partial charge on any atom is 0.328 e. The Bertz CT molecular complexity index is 736. The second-order valence-corrected chi connectivity index (χ2v) is 9.59. The lowest BCUT2D eigenvalue weighted by Gasteiger charge is -2.51. The zero-order chi connectivity index (χ0) is 22.7. The number of ether oxygens (including phenoxy) is 3. The molecule has 0 bridgehead atoms. The standard InChI is InChI=1S/C25H39NO5/c1-7-8-9-10-11-12-21(27)31-26-19-15-16-25(17-29-25)23(4,22(19)28-6)24(5)20(30-24)14-13-18(2)3/h7-8,10-11,13,19-20,22,26H,9,12,14-17H2,1-6H3/b8-7+,11-10+/t19?,20?,22-,23-,24?,25+/m1/s1. The van der Waals surface area contributed by atoms with Crippen LogP contribution in [0.5, 0.6) is 0 Å². The second kappa shape index (κ2) is 9.57. The van der Waals surface area contributed by atoms with Crippen LogP contribution in [-0.2, 0) is 23.8 Å². The van der Waals surface area contributed by atoms with E-state index in [0.29, 0.717) is 0 Å². The van der Waals surface area contributed by atoms with E-state index >= 15 is 0 Å². The number of hydrogen-bond donors (Lipinski definition) is 1. The number of rotatable bonds is 10. The average molecular weight is 434 g/mol. The monoisotopic (exact) mass is 433 g/mol. The van der Waals surface area contributed by atoms with Crippen molar-refractivity contribution in [2.75, 3.05) is 13.7 Å². The lowest BCUT2D eigenvalue weighted by Crippen LogP contribution is -2.65. The van der Waals surface area contributed by atoms with Crippen molar-refractivity contribution < 1.29 is 23.8 Å². The minimum absolute atomic E-state index is 0.120. The summed E-state index contributed by atoms with van der Waals surface area (Å²) in [5, 5.41) is 0. The summed E-state index contributed by atoms with van der Waals surface area (Å²) < 4.78 is 18.4. The summed E-state index contributed by atoms with van der Waals surface area (Å²) in [6.07, 6.45) is 13.6. The molecular weight excluding hydrogens is 394 g/mol. The molecule has 31 heavy (non-hydrogen) atoms. The number of carbonyl (C=O) groups is 1. The Kier molecular flexibility index (Phi) is 7.47. The third kappa shape index (κ3) is 4.68. The normalized spacial score (nSPS) is 39.2. The van der Waals surface area contributed by atoms with Crippen molar-refractivity contribution in [2.24, 2.45) is 5.41 Å². The van der Waals surface area contributed by atoms with Gasteiger partial charge in [-0.25, -0.2) is 0 Å². The first-order valence-corrected chi connectivity index (χ1v) is 11.4. The van der Waals surface area contributed by atoms with Crippen molar-refractivity contribution in [1.29, 1.82) is 0 Å². The Morgan fingerprint density at radius 3 is 2.58 bits per heavy atom. The van der Waals surface area contributed by atoms with Crippen molar-refractivity contribution >= 4 is 5.97 Å². The van der Waals surface area contributed by atoms with Crippen molar-refractivity contribution in [3.05, 3.63) is 36.0 Å². The van der Waals surface area contributed by atoms with Gasteiger partial charge < -0.3 is 19.0 Å². The van der Waals surface area contributed by atoms with Crippen LogP contribution in [-0.4, -0.2) is 49.1 Å². The molecule has 6 heteroatoms. The quantitative estimate of drug-likeness (QED) is 0.312. The van der Waals surface area contributed by atoms with Crippen LogP contribution in [0.1, 0.15) is 66.7 Å². The van der Waals surface area contributed by atoms with E-state index in [4.69, 9.17) is 19.0 Å². The topological polar surface area (TPSA) is 72.6 Å². The first-order chi connectivity index (χ1) is 14.7. The van der Waals surface area contributed by atoms with Gasteiger partial charge in [-0.1, -0.05) is 42.9 Å². The van der Waals surface area contributed by atoms with Crippen LogP contribution in [0.2, 0.25) is 0 Å². The molecule has 3 aliphatic rings. The number of epoxide rings is 2. The Morgan fingerprint density at radius 2 is 1.97 bits per heavy atom. The highest BCUT2D eigenvalue weighted by Gasteiger charge is 2.79. The lowest BCUT2D eigenvalue weighted by atomic mass is 9.56. The summed E-state index contributed by atoms with van der Waals surface area (Å²) in [6, 6.07) is -0.120. The van der Waals surface area contributed by atoms with E-state index in [9.17, 15) is 4.79 Å². The predicted molar refractivity (Wildman–Crippen MR) is 120 cm³/mol. The van der Waals surface area contributed by atoms with Crippen LogP contribution in [0, 0.1) is 5.41 Å². The van der Waals surface area contributed by atoms with E-state index in [2.05, 4.69) is 39.3 Å². The van der Waals surface area contributed by atoms with Crippen molar-refractivity contribution in [3.8, 4) is 0 Å². The summed E-state index contributed by atoms with van der Waals surface area (Å²) in [7, 11) is 1.72. The third-order valence-electron chi connectivity index (χ3n) is 7.49. The van der Waals surface area contributed by atoms with Gasteiger partial charge in [0.1, 0.15) is 11.2 Å². The summed E-state index contributed by atoms with van der Waals surface area (Å²) in [5.74, 6) is -0.299. The number of methoxy groups -OCH3 is 1. The molecule has 174 valence electrons. The number of carbonyl (C=O) groups excluding carboxylic acids is 1. The van der Waals surface area contributed by atoms with E-state index in [1.165, 1.54) is 5.57 Å². The fourth-order valence-corrected chi connectivity index (χ4v) is 5.26. The molecule has 3 unspecified atom stereocenters. The lowest BCUT2D eigenvalue weighted by molar-refractivity contribution is -0.171. The van der Waals surface area contributed by atoms with Crippen molar-refractivity contribution in [3.63, 3.8) is 0 Å². The number of hydroxylamine groups is 1. The highest BCUT2D eigenvalue weighted by atomic mass is 16.7. The van der Waals surface area contributed by atoms with Gasteiger partial charge in [0.05, 0.1) is 36.7 Å². The van der Waals surface area contributed by atoms with Gasteiger partial charge in [-0.2, -0.15) is 0 Å². The number of allylic oxidation sites excluding steroid dienone is 4. The van der Waals surface area contributed by atoms with Crippen LogP contribution in [0.3, 0.4) is 0 Å². The molecule has 2 saturated heterocycles. The Labute approximate surface area is 187 Å². The minimum atomic E-state index is -0.358. The number of hydrogen-bond acceptors (Lipinski definition) is 6. The van der Waals surface area contributed by atoms with Gasteiger partial charge in [0.25, 0.3) is 0 Å². The summed E-state index contributed by atoms with van der Waals surface area (Å²) in [4.78, 5) is 17.6. The summed E-state index contributed by atoms with van der Waals surface area (Å²) in [6.45, 7) is 11.3. The molecule has 6 nitrogen and oxygen atoms in total. The van der Waals surface area contributed by atoms with Crippen LogP contribution < -0.4 is 5.48 Å². The molecule has 0 aromatic carbocycles. The van der Waals surface area contributed by atoms with E-state index in [1.807, 2.05) is 31.2 Å². The predicted octanol–water partition coefficient (Wildman–Crippen LogP) is 4.41. The molecule has 3 fully saturated rings. The first kappa shape index (κ1) is 24.2. The fraction of sp³-hybridized carbons (Fsp3) is 0.720. The Morgan fingerprint density at radius 1 is 1.23 bits per heavy atom. The molecule has 2 heterocycles. The third-order valence-corrected chi connectivity index (χ3v) is 7.49. The summed E-state index contributed by atoms with van der Waals surface area (Å²) in [5.41, 5.74) is 3.36. The van der Waals surface area contributed by atoms with Crippen LogP contribution >= 0.6 is 0 Å². The maximum absolute atomic E-state index is 12.2. The van der Waals surface area contributed by atoms with Crippen molar-refractivity contribution in [2.45, 2.75) is 96.2 Å². The highest BCUT2D eigenvalue weighted by molar-refractivity contribution is 5.70. The smallest absolute Gasteiger partial charge is 0.328 e. The first-order valence-electron chi connectivity index (χ1n) is 11.4. The van der Waals surface area contributed by atoms with E-state index in [0.717, 1.165) is 32.3 Å². The van der Waals surface area contributed by atoms with Gasteiger partial charge in [0.15, 0.2) is 0 Å². The highest BCUT2D eigenvalue weighted by Crippen LogP contribution is 2.66. The zero-order valence-corrected chi connectivity index (χ0v) is 19.9. The van der Waals surface area contributed by atoms with Crippen LogP contribution in [0.15, 0.2) is 36.0 Å². The molecule has 2 aliphatic heterocycles. The number of nitrogens with one attached hydrogen (secondary N) is 1. The van der Waals surface area contributed by atoms with Gasteiger partial charge in [-0.3, -0.25) is 4.79 Å². The van der Waals surface area contributed by atoms with Crippen LogP contribution in [0.25, 0.3) is 0 Å². The minimum Gasteiger partial charge on any atom is -0.379 e. The molecule has 1 N–H and O–H groups in total. The molecule has 0 radical (unpaired) electrons. The molecule has 1 aliphatic carbocycles. The molecule has 0 aromatic heterocycles. The van der Waals surface area contributed by atoms with Gasteiger partial charge in [0.2, 0.25) is 0 Å². The van der Waals surface area contributed by atoms with Gasteiger partial charge >= 0.3 is 5.97 Å². The fourth-order valence-electron chi connectivity index (χ4n) is 5.26. The molecule has 1 saturated carbocycles. The maximum atomic E-state index is 12.2. The van der Waals surface area contributed by atoms with Gasteiger partial charge in [-0.05, 0) is 53.4 Å². The van der Waals surface area contributed by atoms with Crippen LogP contribution in [0.4, 0.5) is 0 Å². The van der Waals surface area contributed by atoms with E-state index in [-0.39, 0.29) is 47.3 Å². The SMILES string of the molecule is C/C=C/C/C=C/CC(=O)ONC1CC[C@]2(CO2)[C@@](C)(C2(C)OC2CC=C(C)C)[C@@H]1OC. The second-order valence-electron chi connectivity index (χ2n) is 9.59.